The van der Waals surface area contributed by atoms with Gasteiger partial charge in [-0.1, -0.05) is 50.2 Å². The van der Waals surface area contributed by atoms with Crippen molar-refractivity contribution >= 4 is 6.09 Å². The Kier molecular flexibility index (Phi) is 4.34. The van der Waals surface area contributed by atoms with Crippen molar-refractivity contribution in [1.29, 1.82) is 0 Å². The molecule has 0 saturated heterocycles. The van der Waals surface area contributed by atoms with Gasteiger partial charge in [0, 0.05) is 11.0 Å². The fourth-order valence-electron chi connectivity index (χ4n) is 3.44. The maximum absolute atomic E-state index is 12.6. The van der Waals surface area contributed by atoms with Crippen LogP contribution in [-0.2, 0) is 11.2 Å². The Hall–Kier alpha value is -2.70. The fraction of sp³-hybridized carbons (Fsp3) is 0.316. The number of hydrogen-bond donors (Lipinski definition) is 1. The van der Waals surface area contributed by atoms with Gasteiger partial charge in [0.2, 0.25) is 0 Å². The van der Waals surface area contributed by atoms with Crippen molar-refractivity contribution in [1.82, 2.24) is 0 Å². The van der Waals surface area contributed by atoms with Gasteiger partial charge in [-0.25, -0.2) is 4.79 Å². The molecule has 0 aromatic heterocycles. The molecule has 4 nitrogen and oxygen atoms in total. The summed E-state index contributed by atoms with van der Waals surface area (Å²) in [5.41, 5.74) is 7.45. The van der Waals surface area contributed by atoms with E-state index < -0.39 is 18.6 Å². The number of halogens is 3. The Morgan fingerprint density at radius 3 is 2.54 bits per heavy atom. The van der Waals surface area contributed by atoms with Crippen LogP contribution in [0.15, 0.2) is 42.5 Å². The van der Waals surface area contributed by atoms with Crippen molar-refractivity contribution in [3.8, 4) is 16.9 Å². The molecule has 0 radical (unpaired) electrons. The largest absolute Gasteiger partial charge is 0.573 e. The van der Waals surface area contributed by atoms with Crippen LogP contribution in [0.25, 0.3) is 11.1 Å². The van der Waals surface area contributed by atoms with Crippen molar-refractivity contribution in [2.45, 2.75) is 32.7 Å². The van der Waals surface area contributed by atoms with Crippen LogP contribution < -0.4 is 10.5 Å². The van der Waals surface area contributed by atoms with Crippen molar-refractivity contribution in [3.05, 3.63) is 53.6 Å². The Balaban J connectivity index is 2.01. The topological polar surface area (TPSA) is 61.6 Å². The number of carbonyl (C=O) groups excluding carboxylic acids is 1. The lowest BCUT2D eigenvalue weighted by Crippen LogP contribution is -2.25. The first kappa shape index (κ1) is 18.1. The highest BCUT2D eigenvalue weighted by atomic mass is 19.4. The minimum absolute atomic E-state index is 0.262. The number of nitrogens with two attached hydrogens (primary N) is 1. The minimum atomic E-state index is -4.77. The molecule has 0 saturated carbocycles. The number of primary amides is 1. The van der Waals surface area contributed by atoms with E-state index >= 15 is 0 Å². The summed E-state index contributed by atoms with van der Waals surface area (Å²) in [5.74, 6) is -0.262. The maximum Gasteiger partial charge on any atom is 0.573 e. The smallest absolute Gasteiger partial charge is 0.441 e. The summed E-state index contributed by atoms with van der Waals surface area (Å²) in [5, 5.41) is 0. The van der Waals surface area contributed by atoms with Crippen LogP contribution in [0.1, 0.15) is 31.1 Å². The Morgan fingerprint density at radius 1 is 1.19 bits per heavy atom. The molecule has 1 aliphatic rings. The molecule has 0 aliphatic heterocycles. The lowest BCUT2D eigenvalue weighted by Gasteiger charge is -2.26. The van der Waals surface area contributed by atoms with Crippen LogP contribution in [0.2, 0.25) is 0 Å². The van der Waals surface area contributed by atoms with E-state index in [9.17, 15) is 18.0 Å². The highest BCUT2D eigenvalue weighted by Crippen LogP contribution is 2.48. The number of para-hydroxylation sites is 1. The SMILES string of the molecule is CC1(C)Cc2cc(-c3ccccc3OC(F)(F)F)ccc2C1OC(N)=O. The van der Waals surface area contributed by atoms with E-state index in [1.807, 2.05) is 13.8 Å². The van der Waals surface area contributed by atoms with Gasteiger partial charge in [-0.15, -0.1) is 13.2 Å². The van der Waals surface area contributed by atoms with E-state index in [-0.39, 0.29) is 11.2 Å². The average Bonchev–Trinajstić information content (AvgIpc) is 2.75. The molecule has 1 aliphatic carbocycles. The van der Waals surface area contributed by atoms with Gasteiger partial charge in [-0.05, 0) is 29.2 Å². The molecule has 0 spiro atoms. The number of rotatable bonds is 3. The van der Waals surface area contributed by atoms with Gasteiger partial charge < -0.3 is 15.2 Å². The number of benzene rings is 2. The van der Waals surface area contributed by atoms with E-state index in [0.717, 1.165) is 11.1 Å². The molecular formula is C19H18F3NO3. The lowest BCUT2D eigenvalue weighted by molar-refractivity contribution is -0.274. The van der Waals surface area contributed by atoms with Crippen molar-refractivity contribution in [2.24, 2.45) is 11.1 Å². The standard InChI is InChI=1S/C19H18F3NO3/c1-18(2)10-12-9-11(7-8-14(12)16(18)25-17(23)24)13-5-3-4-6-15(13)26-19(20,21)22/h3-9,16H,10H2,1-2H3,(H2,23,24). The summed E-state index contributed by atoms with van der Waals surface area (Å²) in [7, 11) is 0. The van der Waals surface area contributed by atoms with Crippen molar-refractivity contribution in [2.75, 3.05) is 0 Å². The molecule has 138 valence electrons. The van der Waals surface area contributed by atoms with Gasteiger partial charge in [-0.2, -0.15) is 0 Å². The molecule has 0 fully saturated rings. The molecule has 2 aromatic carbocycles. The maximum atomic E-state index is 12.6. The third kappa shape index (κ3) is 3.61. The van der Waals surface area contributed by atoms with Crippen LogP contribution in [-0.4, -0.2) is 12.5 Å². The van der Waals surface area contributed by atoms with Gasteiger partial charge in [0.05, 0.1) is 0 Å². The predicted molar refractivity (Wildman–Crippen MR) is 89.5 cm³/mol. The molecular weight excluding hydrogens is 347 g/mol. The number of carbonyl (C=O) groups is 1. The molecule has 1 atom stereocenters. The van der Waals surface area contributed by atoms with Crippen molar-refractivity contribution < 1.29 is 27.4 Å². The summed E-state index contributed by atoms with van der Waals surface area (Å²) >= 11 is 0. The fourth-order valence-corrected chi connectivity index (χ4v) is 3.44. The highest BCUT2D eigenvalue weighted by molar-refractivity contribution is 5.72. The molecule has 2 aromatic rings. The molecule has 2 N–H and O–H groups in total. The molecule has 26 heavy (non-hydrogen) atoms. The molecule has 7 heteroatoms. The Labute approximate surface area is 148 Å². The van der Waals surface area contributed by atoms with E-state index in [0.29, 0.717) is 17.5 Å². The zero-order chi connectivity index (χ0) is 19.1. The van der Waals surface area contributed by atoms with Crippen LogP contribution in [0.5, 0.6) is 5.75 Å². The first-order valence-electron chi connectivity index (χ1n) is 8.01. The number of hydrogen-bond acceptors (Lipinski definition) is 3. The highest BCUT2D eigenvalue weighted by Gasteiger charge is 2.41. The van der Waals surface area contributed by atoms with Gasteiger partial charge in [-0.3, -0.25) is 0 Å². The summed E-state index contributed by atoms with van der Waals surface area (Å²) in [6, 6.07) is 11.2. The Bertz CT molecular complexity index is 846. The van der Waals surface area contributed by atoms with Crippen molar-refractivity contribution in [3.63, 3.8) is 0 Å². The van der Waals surface area contributed by atoms with Gasteiger partial charge in [0.1, 0.15) is 11.9 Å². The van der Waals surface area contributed by atoms with E-state index in [4.69, 9.17) is 10.5 Å². The monoisotopic (exact) mass is 365 g/mol. The second-order valence-electron chi connectivity index (χ2n) is 6.94. The molecule has 1 amide bonds. The number of alkyl halides is 3. The first-order valence-corrected chi connectivity index (χ1v) is 8.01. The molecule has 0 heterocycles. The second kappa shape index (κ2) is 6.23. The third-order valence-corrected chi connectivity index (χ3v) is 4.44. The van der Waals surface area contributed by atoms with Crippen LogP contribution in [0.3, 0.4) is 0 Å². The first-order chi connectivity index (χ1) is 12.1. The summed E-state index contributed by atoms with van der Waals surface area (Å²) in [6.45, 7) is 3.89. The molecule has 3 rings (SSSR count). The normalized spacial score (nSPS) is 18.3. The lowest BCUT2D eigenvalue weighted by atomic mass is 9.87. The van der Waals surface area contributed by atoms with Gasteiger partial charge in [0.15, 0.2) is 0 Å². The van der Waals surface area contributed by atoms with E-state index in [1.165, 1.54) is 12.1 Å². The van der Waals surface area contributed by atoms with E-state index in [2.05, 4.69) is 4.74 Å². The van der Waals surface area contributed by atoms with Gasteiger partial charge in [0.25, 0.3) is 0 Å². The minimum Gasteiger partial charge on any atom is -0.441 e. The van der Waals surface area contributed by atoms with Crippen LogP contribution in [0, 0.1) is 5.41 Å². The van der Waals surface area contributed by atoms with Gasteiger partial charge >= 0.3 is 12.5 Å². The molecule has 0 bridgehead atoms. The Morgan fingerprint density at radius 2 is 1.88 bits per heavy atom. The second-order valence-corrected chi connectivity index (χ2v) is 6.94. The average molecular weight is 365 g/mol. The van der Waals surface area contributed by atoms with Crippen LogP contribution >= 0.6 is 0 Å². The summed E-state index contributed by atoms with van der Waals surface area (Å²) < 4.78 is 47.3. The number of fused-ring (bicyclic) bond motifs is 1. The quantitative estimate of drug-likeness (QED) is 0.835. The number of ether oxygens (including phenoxy) is 2. The molecule has 1 unspecified atom stereocenters. The van der Waals surface area contributed by atoms with E-state index in [1.54, 1.807) is 30.3 Å². The summed E-state index contributed by atoms with van der Waals surface area (Å²) in [6.07, 6.45) is -5.51. The zero-order valence-electron chi connectivity index (χ0n) is 14.3. The van der Waals surface area contributed by atoms with Crippen LogP contribution in [0.4, 0.5) is 18.0 Å². The predicted octanol–water partition coefficient (Wildman–Crippen LogP) is 4.97. The summed E-state index contributed by atoms with van der Waals surface area (Å²) in [4.78, 5) is 11.2. The third-order valence-electron chi connectivity index (χ3n) is 4.44. The zero-order valence-corrected chi connectivity index (χ0v) is 14.3. The number of amides is 1.